The standard InChI is InChI=1S/C14H15F6N3O2/c1-7-3-13(16,17)6-23(12(24)25)10(7)5-22-11-9(15)2-8(4-21-11)14(18,19)20/h2,4,7,10H,3,5-6H2,1H3,(H,21,22)(H,24,25). The Morgan fingerprint density at radius 1 is 1.48 bits per heavy atom. The second kappa shape index (κ2) is 6.60. The monoisotopic (exact) mass is 371 g/mol. The normalized spacial score (nSPS) is 23.4. The van der Waals surface area contributed by atoms with Crippen LogP contribution in [0.1, 0.15) is 18.9 Å². The van der Waals surface area contributed by atoms with Gasteiger partial charge in [0.2, 0.25) is 0 Å². The highest BCUT2D eigenvalue weighted by molar-refractivity contribution is 5.66. The third-order valence-electron chi connectivity index (χ3n) is 3.97. The van der Waals surface area contributed by atoms with Crippen molar-refractivity contribution in [2.24, 2.45) is 5.92 Å². The number of nitrogens with one attached hydrogen (secondary N) is 1. The predicted octanol–water partition coefficient (Wildman–Crippen LogP) is 3.68. The van der Waals surface area contributed by atoms with Crippen LogP contribution in [0, 0.1) is 11.7 Å². The molecule has 11 heteroatoms. The van der Waals surface area contributed by atoms with E-state index >= 15 is 0 Å². The summed E-state index contributed by atoms with van der Waals surface area (Å²) in [6.45, 7) is 0.159. The lowest BCUT2D eigenvalue weighted by Gasteiger charge is -2.42. The summed E-state index contributed by atoms with van der Waals surface area (Å²) in [5, 5.41) is 11.5. The van der Waals surface area contributed by atoms with Gasteiger partial charge in [-0.25, -0.2) is 22.9 Å². The van der Waals surface area contributed by atoms with E-state index in [1.54, 1.807) is 0 Å². The molecule has 0 aromatic carbocycles. The number of rotatable bonds is 3. The van der Waals surface area contributed by atoms with Crippen molar-refractivity contribution in [3.8, 4) is 0 Å². The Bertz CT molecular complexity index is 652. The molecule has 0 saturated carbocycles. The van der Waals surface area contributed by atoms with E-state index in [0.29, 0.717) is 11.1 Å². The zero-order valence-electron chi connectivity index (χ0n) is 12.9. The molecule has 1 amide bonds. The first kappa shape index (κ1) is 19.1. The fourth-order valence-electron chi connectivity index (χ4n) is 2.79. The van der Waals surface area contributed by atoms with Crippen molar-refractivity contribution in [1.29, 1.82) is 0 Å². The SMILES string of the molecule is CC1CC(F)(F)CN(C(=O)O)C1CNc1ncc(C(F)(F)F)cc1F. The van der Waals surface area contributed by atoms with E-state index < -0.39 is 60.3 Å². The van der Waals surface area contributed by atoms with Gasteiger partial charge in [0.05, 0.1) is 18.2 Å². The Hall–Kier alpha value is -2.20. The number of halogens is 6. The van der Waals surface area contributed by atoms with Gasteiger partial charge in [-0.15, -0.1) is 0 Å². The first-order valence-corrected chi connectivity index (χ1v) is 7.25. The Balaban J connectivity index is 2.13. The number of aromatic nitrogens is 1. The summed E-state index contributed by atoms with van der Waals surface area (Å²) < 4.78 is 78.2. The minimum Gasteiger partial charge on any atom is -0.465 e. The summed E-state index contributed by atoms with van der Waals surface area (Å²) in [7, 11) is 0. The molecule has 1 aromatic rings. The third kappa shape index (κ3) is 4.45. The van der Waals surface area contributed by atoms with E-state index in [2.05, 4.69) is 10.3 Å². The van der Waals surface area contributed by atoms with Crippen molar-refractivity contribution in [2.45, 2.75) is 31.5 Å². The van der Waals surface area contributed by atoms with Crippen LogP contribution < -0.4 is 5.32 Å². The molecule has 2 heterocycles. The summed E-state index contributed by atoms with van der Waals surface area (Å²) in [5.74, 6) is -5.70. The Morgan fingerprint density at radius 3 is 2.64 bits per heavy atom. The molecule has 1 aromatic heterocycles. The average Bonchev–Trinajstić information content (AvgIpc) is 2.44. The Morgan fingerprint density at radius 2 is 2.12 bits per heavy atom. The van der Waals surface area contributed by atoms with Gasteiger partial charge in [0.1, 0.15) is 0 Å². The summed E-state index contributed by atoms with van der Waals surface area (Å²) in [4.78, 5) is 15.1. The number of alkyl halides is 5. The molecule has 1 fully saturated rings. The molecular weight excluding hydrogens is 356 g/mol. The molecule has 0 radical (unpaired) electrons. The topological polar surface area (TPSA) is 65.5 Å². The van der Waals surface area contributed by atoms with E-state index in [0.717, 1.165) is 0 Å². The van der Waals surface area contributed by atoms with Crippen LogP contribution in [0.4, 0.5) is 37.0 Å². The van der Waals surface area contributed by atoms with Gasteiger partial charge in [-0.05, 0) is 12.0 Å². The number of piperidine rings is 1. The molecule has 5 nitrogen and oxygen atoms in total. The van der Waals surface area contributed by atoms with Gasteiger partial charge in [-0.3, -0.25) is 4.90 Å². The van der Waals surface area contributed by atoms with E-state index in [1.807, 2.05) is 0 Å². The minimum absolute atomic E-state index is 0.253. The predicted molar refractivity (Wildman–Crippen MR) is 74.9 cm³/mol. The van der Waals surface area contributed by atoms with Crippen molar-refractivity contribution in [3.05, 3.63) is 23.6 Å². The molecule has 1 aliphatic rings. The summed E-state index contributed by atoms with van der Waals surface area (Å²) >= 11 is 0. The van der Waals surface area contributed by atoms with Gasteiger partial charge in [-0.1, -0.05) is 6.92 Å². The van der Waals surface area contributed by atoms with Gasteiger partial charge < -0.3 is 10.4 Å². The lowest BCUT2D eigenvalue weighted by atomic mass is 9.89. The van der Waals surface area contributed by atoms with E-state index in [9.17, 15) is 31.1 Å². The summed E-state index contributed by atoms with van der Waals surface area (Å²) in [6.07, 6.45) is -6.43. The van der Waals surface area contributed by atoms with Crippen LogP contribution in [0.15, 0.2) is 12.3 Å². The molecule has 140 valence electrons. The lowest BCUT2D eigenvalue weighted by molar-refractivity contribution is -0.138. The van der Waals surface area contributed by atoms with Crippen LogP contribution >= 0.6 is 0 Å². The van der Waals surface area contributed by atoms with Crippen molar-refractivity contribution in [3.63, 3.8) is 0 Å². The molecule has 1 aliphatic heterocycles. The largest absolute Gasteiger partial charge is 0.465 e. The van der Waals surface area contributed by atoms with Crippen LogP contribution in [0.5, 0.6) is 0 Å². The number of hydrogen-bond acceptors (Lipinski definition) is 3. The molecule has 1 saturated heterocycles. The number of amides is 1. The maximum Gasteiger partial charge on any atom is 0.417 e. The zero-order valence-corrected chi connectivity index (χ0v) is 12.9. The minimum atomic E-state index is -4.75. The van der Waals surface area contributed by atoms with Crippen molar-refractivity contribution < 1.29 is 36.2 Å². The molecule has 2 rings (SSSR count). The van der Waals surface area contributed by atoms with Crippen LogP contribution in [0.2, 0.25) is 0 Å². The van der Waals surface area contributed by atoms with E-state index in [4.69, 9.17) is 5.11 Å². The lowest BCUT2D eigenvalue weighted by Crippen LogP contribution is -2.57. The highest BCUT2D eigenvalue weighted by Gasteiger charge is 2.46. The molecule has 25 heavy (non-hydrogen) atoms. The van der Waals surface area contributed by atoms with Crippen molar-refractivity contribution >= 4 is 11.9 Å². The number of likely N-dealkylation sites (tertiary alicyclic amines) is 1. The maximum absolute atomic E-state index is 13.7. The van der Waals surface area contributed by atoms with Gasteiger partial charge in [0, 0.05) is 19.2 Å². The number of pyridine rings is 1. The van der Waals surface area contributed by atoms with Gasteiger partial charge >= 0.3 is 12.3 Å². The first-order chi connectivity index (χ1) is 11.4. The molecule has 0 aliphatic carbocycles. The van der Waals surface area contributed by atoms with Crippen molar-refractivity contribution in [1.82, 2.24) is 9.88 Å². The fraction of sp³-hybridized carbons (Fsp3) is 0.571. The number of carboxylic acid groups (broad SMARTS) is 1. The van der Waals surface area contributed by atoms with E-state index in [-0.39, 0.29) is 12.6 Å². The fourth-order valence-corrected chi connectivity index (χ4v) is 2.79. The van der Waals surface area contributed by atoms with Crippen LogP contribution in [0.25, 0.3) is 0 Å². The molecule has 2 atom stereocenters. The zero-order chi connectivity index (χ0) is 19.0. The van der Waals surface area contributed by atoms with Crippen LogP contribution in [-0.2, 0) is 6.18 Å². The number of nitrogens with zero attached hydrogens (tertiary/aromatic N) is 2. The van der Waals surface area contributed by atoms with Gasteiger partial charge in [0.25, 0.3) is 5.92 Å². The van der Waals surface area contributed by atoms with E-state index in [1.165, 1.54) is 6.92 Å². The molecule has 0 spiro atoms. The second-order valence-electron chi connectivity index (χ2n) is 5.95. The maximum atomic E-state index is 13.7. The molecule has 2 unspecified atom stereocenters. The molecular formula is C14H15F6N3O2. The Labute approximate surface area is 138 Å². The van der Waals surface area contributed by atoms with Crippen LogP contribution in [-0.4, -0.2) is 46.1 Å². The summed E-state index contributed by atoms with van der Waals surface area (Å²) in [5.41, 5.74) is -1.27. The van der Waals surface area contributed by atoms with Gasteiger partial charge in [0.15, 0.2) is 11.6 Å². The average molecular weight is 371 g/mol. The highest BCUT2D eigenvalue weighted by atomic mass is 19.4. The Kier molecular flexibility index (Phi) is 5.05. The van der Waals surface area contributed by atoms with Crippen molar-refractivity contribution in [2.75, 3.05) is 18.4 Å². The second-order valence-corrected chi connectivity index (χ2v) is 5.95. The number of anilines is 1. The van der Waals surface area contributed by atoms with Crippen LogP contribution in [0.3, 0.4) is 0 Å². The number of hydrogen-bond donors (Lipinski definition) is 2. The van der Waals surface area contributed by atoms with Gasteiger partial charge in [-0.2, -0.15) is 13.2 Å². The quantitative estimate of drug-likeness (QED) is 0.796. The summed E-state index contributed by atoms with van der Waals surface area (Å²) in [6, 6.07) is -0.649. The molecule has 0 bridgehead atoms. The third-order valence-corrected chi connectivity index (χ3v) is 3.97. The highest BCUT2D eigenvalue weighted by Crippen LogP contribution is 2.35. The molecule has 2 N–H and O–H groups in total. The number of carbonyl (C=O) groups is 1. The first-order valence-electron chi connectivity index (χ1n) is 7.25. The smallest absolute Gasteiger partial charge is 0.417 e.